The molecule has 1 atom stereocenters. The fourth-order valence-electron chi connectivity index (χ4n) is 2.18. The summed E-state index contributed by atoms with van der Waals surface area (Å²) >= 11 is 0. The molecule has 1 N–H and O–H groups in total. The van der Waals surface area contributed by atoms with E-state index in [0.717, 1.165) is 11.3 Å². The van der Waals surface area contributed by atoms with Crippen molar-refractivity contribution in [1.82, 2.24) is 5.32 Å². The van der Waals surface area contributed by atoms with Crippen LogP contribution in [0.15, 0.2) is 48.5 Å². The molecule has 1 amide bonds. The zero-order valence-electron chi connectivity index (χ0n) is 15.6. The first-order valence-electron chi connectivity index (χ1n) is 8.39. The van der Waals surface area contributed by atoms with E-state index >= 15 is 0 Å². The van der Waals surface area contributed by atoms with Gasteiger partial charge >= 0.3 is 5.97 Å². The van der Waals surface area contributed by atoms with Crippen molar-refractivity contribution in [2.24, 2.45) is 0 Å². The summed E-state index contributed by atoms with van der Waals surface area (Å²) in [6, 6.07) is 14.1. The Hall–Kier alpha value is -3.22. The van der Waals surface area contributed by atoms with E-state index in [4.69, 9.17) is 18.9 Å². The van der Waals surface area contributed by atoms with Crippen molar-refractivity contribution in [1.29, 1.82) is 0 Å². The SMILES string of the molecule is COc1ccc(CNC(=O)[C@@H](C)OC(=O)COc2ccc(OC)cc2)cc1. The predicted octanol–water partition coefficient (Wildman–Crippen LogP) is 2.33. The van der Waals surface area contributed by atoms with Crippen LogP contribution in [0.1, 0.15) is 12.5 Å². The van der Waals surface area contributed by atoms with E-state index in [2.05, 4.69) is 5.32 Å². The molecule has 7 nitrogen and oxygen atoms in total. The number of carbonyl (C=O) groups excluding carboxylic acids is 2. The van der Waals surface area contributed by atoms with Crippen LogP contribution >= 0.6 is 0 Å². The minimum absolute atomic E-state index is 0.289. The topological polar surface area (TPSA) is 83.1 Å². The third kappa shape index (κ3) is 6.54. The molecule has 0 saturated heterocycles. The Kier molecular flexibility index (Phi) is 7.49. The molecule has 0 heterocycles. The summed E-state index contributed by atoms with van der Waals surface area (Å²) in [5.74, 6) is 0.919. The summed E-state index contributed by atoms with van der Waals surface area (Å²) in [6.07, 6.45) is -0.921. The number of rotatable bonds is 9. The molecule has 0 spiro atoms. The predicted molar refractivity (Wildman–Crippen MR) is 98.9 cm³/mol. The lowest BCUT2D eigenvalue weighted by molar-refractivity contribution is -0.156. The number of amides is 1. The van der Waals surface area contributed by atoms with Gasteiger partial charge in [0.1, 0.15) is 17.2 Å². The fourth-order valence-corrected chi connectivity index (χ4v) is 2.18. The van der Waals surface area contributed by atoms with Gasteiger partial charge in [0.25, 0.3) is 5.91 Å². The van der Waals surface area contributed by atoms with Crippen LogP contribution < -0.4 is 19.5 Å². The lowest BCUT2D eigenvalue weighted by Gasteiger charge is -2.14. The van der Waals surface area contributed by atoms with Crippen LogP contribution in [-0.4, -0.2) is 38.8 Å². The monoisotopic (exact) mass is 373 g/mol. The van der Waals surface area contributed by atoms with Crippen molar-refractivity contribution >= 4 is 11.9 Å². The van der Waals surface area contributed by atoms with Crippen molar-refractivity contribution in [3.63, 3.8) is 0 Å². The fraction of sp³-hybridized carbons (Fsp3) is 0.300. The average Bonchev–Trinajstić information content (AvgIpc) is 2.71. The molecule has 0 aliphatic heterocycles. The van der Waals surface area contributed by atoms with Gasteiger partial charge in [0.05, 0.1) is 14.2 Å². The summed E-state index contributed by atoms with van der Waals surface area (Å²) in [7, 11) is 3.15. The van der Waals surface area contributed by atoms with Gasteiger partial charge < -0.3 is 24.3 Å². The maximum Gasteiger partial charge on any atom is 0.344 e. The normalized spacial score (nSPS) is 11.2. The van der Waals surface area contributed by atoms with Crippen LogP contribution in [0.2, 0.25) is 0 Å². The van der Waals surface area contributed by atoms with Crippen LogP contribution in [0, 0.1) is 0 Å². The summed E-state index contributed by atoms with van der Waals surface area (Å²) in [5, 5.41) is 2.72. The lowest BCUT2D eigenvalue weighted by atomic mass is 10.2. The summed E-state index contributed by atoms with van der Waals surface area (Å²) in [6.45, 7) is 1.55. The number of methoxy groups -OCH3 is 2. The first kappa shape index (κ1) is 20.1. The molecule has 2 aromatic carbocycles. The Labute approximate surface area is 158 Å². The smallest absolute Gasteiger partial charge is 0.344 e. The van der Waals surface area contributed by atoms with Gasteiger partial charge in [-0.05, 0) is 48.9 Å². The molecular formula is C20H23NO6. The summed E-state index contributed by atoms with van der Waals surface area (Å²) < 4.78 is 20.5. The Balaban J connectivity index is 1.72. The first-order chi connectivity index (χ1) is 13.0. The summed E-state index contributed by atoms with van der Waals surface area (Å²) in [4.78, 5) is 23.9. The van der Waals surface area contributed by atoms with Gasteiger partial charge in [0.2, 0.25) is 0 Å². The third-order valence-corrected chi connectivity index (χ3v) is 3.72. The van der Waals surface area contributed by atoms with E-state index in [0.29, 0.717) is 18.0 Å². The standard InChI is InChI=1S/C20H23NO6/c1-14(20(23)21-12-15-4-6-16(24-2)7-5-15)27-19(22)13-26-18-10-8-17(25-3)9-11-18/h4-11,14H,12-13H2,1-3H3,(H,21,23)/t14-/m1/s1. The van der Waals surface area contributed by atoms with Crippen LogP contribution in [0.3, 0.4) is 0 Å². The Morgan fingerprint density at radius 3 is 1.96 bits per heavy atom. The van der Waals surface area contributed by atoms with Crippen LogP contribution in [0.25, 0.3) is 0 Å². The second-order valence-electron chi connectivity index (χ2n) is 5.66. The number of ether oxygens (including phenoxy) is 4. The third-order valence-electron chi connectivity index (χ3n) is 3.72. The van der Waals surface area contributed by atoms with E-state index in [9.17, 15) is 9.59 Å². The average molecular weight is 373 g/mol. The largest absolute Gasteiger partial charge is 0.497 e. The molecule has 0 aliphatic carbocycles. The number of nitrogens with one attached hydrogen (secondary N) is 1. The van der Waals surface area contributed by atoms with Gasteiger partial charge in [0.15, 0.2) is 12.7 Å². The highest BCUT2D eigenvalue weighted by atomic mass is 16.6. The Morgan fingerprint density at radius 1 is 0.889 bits per heavy atom. The number of benzene rings is 2. The van der Waals surface area contributed by atoms with E-state index in [1.165, 1.54) is 6.92 Å². The minimum atomic E-state index is -0.921. The zero-order chi connectivity index (χ0) is 19.6. The molecule has 0 aliphatic rings. The second kappa shape index (κ2) is 10.1. The second-order valence-corrected chi connectivity index (χ2v) is 5.66. The van der Waals surface area contributed by atoms with Crippen molar-refractivity contribution in [3.05, 3.63) is 54.1 Å². The maximum atomic E-state index is 12.1. The van der Waals surface area contributed by atoms with Crippen molar-refractivity contribution in [2.45, 2.75) is 19.6 Å². The van der Waals surface area contributed by atoms with Gasteiger partial charge in [-0.2, -0.15) is 0 Å². The molecular weight excluding hydrogens is 350 g/mol. The molecule has 2 rings (SSSR count). The highest BCUT2D eigenvalue weighted by Gasteiger charge is 2.17. The summed E-state index contributed by atoms with van der Waals surface area (Å²) in [5.41, 5.74) is 0.908. The molecule has 0 saturated carbocycles. The van der Waals surface area contributed by atoms with Gasteiger partial charge in [0, 0.05) is 6.54 Å². The van der Waals surface area contributed by atoms with Crippen molar-refractivity contribution in [2.75, 3.05) is 20.8 Å². The van der Waals surface area contributed by atoms with E-state index < -0.39 is 12.1 Å². The molecule has 144 valence electrons. The number of hydrogen-bond donors (Lipinski definition) is 1. The minimum Gasteiger partial charge on any atom is -0.497 e. The van der Waals surface area contributed by atoms with Crippen LogP contribution in [-0.2, 0) is 20.9 Å². The number of hydrogen-bond acceptors (Lipinski definition) is 6. The molecule has 0 aromatic heterocycles. The number of esters is 1. The molecule has 2 aromatic rings. The quantitative estimate of drug-likeness (QED) is 0.680. The Morgan fingerprint density at radius 2 is 1.41 bits per heavy atom. The highest BCUT2D eigenvalue weighted by molar-refractivity contribution is 5.83. The molecule has 0 fully saturated rings. The highest BCUT2D eigenvalue weighted by Crippen LogP contribution is 2.17. The molecule has 27 heavy (non-hydrogen) atoms. The molecule has 0 bridgehead atoms. The lowest BCUT2D eigenvalue weighted by Crippen LogP contribution is -2.36. The maximum absolute atomic E-state index is 12.1. The molecule has 7 heteroatoms. The van der Waals surface area contributed by atoms with Gasteiger partial charge in [-0.1, -0.05) is 12.1 Å². The Bertz CT molecular complexity index is 742. The molecule has 0 radical (unpaired) electrons. The van der Waals surface area contributed by atoms with Crippen molar-refractivity contribution < 1.29 is 28.5 Å². The zero-order valence-corrected chi connectivity index (χ0v) is 15.6. The molecule has 0 unspecified atom stereocenters. The van der Waals surface area contributed by atoms with E-state index in [1.807, 2.05) is 12.1 Å². The van der Waals surface area contributed by atoms with Gasteiger partial charge in [-0.15, -0.1) is 0 Å². The van der Waals surface area contributed by atoms with Crippen molar-refractivity contribution in [3.8, 4) is 17.2 Å². The van der Waals surface area contributed by atoms with E-state index in [-0.39, 0.29) is 12.5 Å². The van der Waals surface area contributed by atoms with Crippen LogP contribution in [0.4, 0.5) is 0 Å². The van der Waals surface area contributed by atoms with Gasteiger partial charge in [-0.25, -0.2) is 4.79 Å². The van der Waals surface area contributed by atoms with Gasteiger partial charge in [-0.3, -0.25) is 4.79 Å². The number of carbonyl (C=O) groups is 2. The first-order valence-corrected chi connectivity index (χ1v) is 8.39. The van der Waals surface area contributed by atoms with Crippen LogP contribution in [0.5, 0.6) is 17.2 Å². The van der Waals surface area contributed by atoms with E-state index in [1.54, 1.807) is 50.6 Å².